The van der Waals surface area contributed by atoms with Crippen LogP contribution in [0.25, 0.3) is 0 Å². The highest BCUT2D eigenvalue weighted by atomic mass is 16.5. The second-order valence-corrected chi connectivity index (χ2v) is 4.46. The SMILES string of the molecule is COCc1cccc(Oc2cc(OC)ccc2C(=N)N)c1. The fraction of sp³-hybridized carbons (Fsp3) is 0.188. The molecule has 0 bridgehead atoms. The number of nitrogen functional groups attached to an aromatic ring is 1. The van der Waals surface area contributed by atoms with Crippen molar-refractivity contribution in [3.63, 3.8) is 0 Å². The number of benzene rings is 2. The summed E-state index contributed by atoms with van der Waals surface area (Å²) in [5.74, 6) is 1.72. The summed E-state index contributed by atoms with van der Waals surface area (Å²) in [6.45, 7) is 0.509. The van der Waals surface area contributed by atoms with Crippen LogP contribution in [0.1, 0.15) is 11.1 Å². The van der Waals surface area contributed by atoms with Crippen LogP contribution in [0.15, 0.2) is 42.5 Å². The molecule has 2 rings (SSSR count). The molecule has 0 aromatic heterocycles. The molecule has 0 spiro atoms. The van der Waals surface area contributed by atoms with E-state index >= 15 is 0 Å². The fourth-order valence-electron chi connectivity index (χ4n) is 1.93. The third-order valence-corrected chi connectivity index (χ3v) is 2.92. The van der Waals surface area contributed by atoms with E-state index in [2.05, 4.69) is 0 Å². The minimum atomic E-state index is -0.0549. The van der Waals surface area contributed by atoms with Crippen LogP contribution in [0.5, 0.6) is 17.2 Å². The molecule has 2 aromatic rings. The smallest absolute Gasteiger partial charge is 0.142 e. The van der Waals surface area contributed by atoms with Gasteiger partial charge in [-0.3, -0.25) is 5.41 Å². The fourth-order valence-corrected chi connectivity index (χ4v) is 1.93. The van der Waals surface area contributed by atoms with Crippen LogP contribution in [0.3, 0.4) is 0 Å². The Morgan fingerprint density at radius 2 is 1.90 bits per heavy atom. The van der Waals surface area contributed by atoms with Gasteiger partial charge in [0.05, 0.1) is 19.3 Å². The van der Waals surface area contributed by atoms with Crippen LogP contribution in [-0.4, -0.2) is 20.1 Å². The zero-order chi connectivity index (χ0) is 15.2. The number of amidine groups is 1. The Morgan fingerprint density at radius 1 is 1.10 bits per heavy atom. The number of methoxy groups -OCH3 is 2. The van der Waals surface area contributed by atoms with E-state index < -0.39 is 0 Å². The van der Waals surface area contributed by atoms with Gasteiger partial charge in [-0.05, 0) is 29.8 Å². The predicted molar refractivity (Wildman–Crippen MR) is 81.2 cm³/mol. The molecule has 0 saturated heterocycles. The number of rotatable bonds is 6. The summed E-state index contributed by atoms with van der Waals surface area (Å²) in [6.07, 6.45) is 0. The van der Waals surface area contributed by atoms with Crippen LogP contribution in [-0.2, 0) is 11.3 Å². The predicted octanol–water partition coefficient (Wildman–Crippen LogP) is 2.92. The highest BCUT2D eigenvalue weighted by Gasteiger charge is 2.10. The van der Waals surface area contributed by atoms with Gasteiger partial charge >= 0.3 is 0 Å². The molecule has 21 heavy (non-hydrogen) atoms. The molecular formula is C16H18N2O3. The summed E-state index contributed by atoms with van der Waals surface area (Å²) < 4.78 is 16.1. The molecule has 0 aliphatic rings. The monoisotopic (exact) mass is 286 g/mol. The van der Waals surface area contributed by atoms with Crippen molar-refractivity contribution < 1.29 is 14.2 Å². The number of nitrogens with one attached hydrogen (secondary N) is 1. The van der Waals surface area contributed by atoms with Crippen LogP contribution in [0, 0.1) is 5.41 Å². The summed E-state index contributed by atoms with van der Waals surface area (Å²) in [5, 5.41) is 7.61. The van der Waals surface area contributed by atoms with Gasteiger partial charge in [0.2, 0.25) is 0 Å². The van der Waals surface area contributed by atoms with E-state index in [1.165, 1.54) is 0 Å². The second kappa shape index (κ2) is 6.76. The number of ether oxygens (including phenoxy) is 3. The average molecular weight is 286 g/mol. The highest BCUT2D eigenvalue weighted by Crippen LogP contribution is 2.29. The van der Waals surface area contributed by atoms with E-state index in [1.54, 1.807) is 32.4 Å². The number of nitrogens with two attached hydrogens (primary N) is 1. The van der Waals surface area contributed by atoms with Gasteiger partial charge in [-0.2, -0.15) is 0 Å². The standard InChI is InChI=1S/C16H18N2O3/c1-19-10-11-4-3-5-13(8-11)21-15-9-12(20-2)6-7-14(15)16(17)18/h3-9H,10H2,1-2H3,(H3,17,18). The quantitative estimate of drug-likeness (QED) is 0.632. The van der Waals surface area contributed by atoms with Crippen LogP contribution >= 0.6 is 0 Å². The normalized spacial score (nSPS) is 10.2. The maximum Gasteiger partial charge on any atom is 0.142 e. The van der Waals surface area contributed by atoms with Gasteiger partial charge < -0.3 is 19.9 Å². The van der Waals surface area contributed by atoms with Gasteiger partial charge in [-0.25, -0.2) is 0 Å². The summed E-state index contributed by atoms with van der Waals surface area (Å²) in [5.41, 5.74) is 7.10. The Kier molecular flexibility index (Phi) is 4.79. The van der Waals surface area contributed by atoms with Gasteiger partial charge in [-0.1, -0.05) is 12.1 Å². The molecule has 0 saturated carbocycles. The Hall–Kier alpha value is -2.53. The van der Waals surface area contributed by atoms with Crippen molar-refractivity contribution in [2.24, 2.45) is 5.73 Å². The lowest BCUT2D eigenvalue weighted by atomic mass is 10.1. The first-order valence-corrected chi connectivity index (χ1v) is 6.42. The minimum absolute atomic E-state index is 0.0549. The minimum Gasteiger partial charge on any atom is -0.497 e. The molecule has 3 N–H and O–H groups in total. The Morgan fingerprint density at radius 3 is 2.57 bits per heavy atom. The lowest BCUT2D eigenvalue weighted by molar-refractivity contribution is 0.184. The van der Waals surface area contributed by atoms with Gasteiger partial charge in [-0.15, -0.1) is 0 Å². The van der Waals surface area contributed by atoms with E-state index in [0.717, 1.165) is 5.56 Å². The number of hydrogen-bond acceptors (Lipinski definition) is 4. The van der Waals surface area contributed by atoms with Crippen molar-refractivity contribution in [3.05, 3.63) is 53.6 Å². The summed E-state index contributed by atoms with van der Waals surface area (Å²) in [7, 11) is 3.22. The van der Waals surface area contributed by atoms with Crippen molar-refractivity contribution in [1.29, 1.82) is 5.41 Å². The van der Waals surface area contributed by atoms with Crippen molar-refractivity contribution in [3.8, 4) is 17.2 Å². The summed E-state index contributed by atoms with van der Waals surface area (Å²) >= 11 is 0. The first kappa shape index (κ1) is 14.9. The van der Waals surface area contributed by atoms with E-state index in [0.29, 0.717) is 29.4 Å². The summed E-state index contributed by atoms with van der Waals surface area (Å²) in [4.78, 5) is 0. The maximum atomic E-state index is 7.61. The third kappa shape index (κ3) is 3.73. The molecule has 0 amide bonds. The van der Waals surface area contributed by atoms with Crippen molar-refractivity contribution in [2.45, 2.75) is 6.61 Å². The second-order valence-electron chi connectivity index (χ2n) is 4.46. The van der Waals surface area contributed by atoms with Gasteiger partial charge in [0.25, 0.3) is 0 Å². The Bertz CT molecular complexity index is 641. The van der Waals surface area contributed by atoms with Crippen molar-refractivity contribution >= 4 is 5.84 Å². The Labute approximate surface area is 123 Å². The van der Waals surface area contributed by atoms with Crippen LogP contribution in [0.2, 0.25) is 0 Å². The molecule has 0 atom stereocenters. The van der Waals surface area contributed by atoms with Crippen LogP contribution in [0.4, 0.5) is 0 Å². The van der Waals surface area contributed by atoms with Crippen molar-refractivity contribution in [1.82, 2.24) is 0 Å². The molecule has 110 valence electrons. The first-order valence-electron chi connectivity index (χ1n) is 6.42. The molecule has 0 unspecified atom stereocenters. The average Bonchev–Trinajstić information content (AvgIpc) is 2.47. The zero-order valence-corrected chi connectivity index (χ0v) is 12.1. The molecule has 0 radical (unpaired) electrons. The zero-order valence-electron chi connectivity index (χ0n) is 12.1. The molecule has 5 heteroatoms. The maximum absolute atomic E-state index is 7.61. The first-order chi connectivity index (χ1) is 10.1. The van der Waals surface area contributed by atoms with E-state index in [-0.39, 0.29) is 5.84 Å². The third-order valence-electron chi connectivity index (χ3n) is 2.92. The Balaban J connectivity index is 2.33. The molecular weight excluding hydrogens is 268 g/mol. The lowest BCUT2D eigenvalue weighted by Gasteiger charge is -2.12. The van der Waals surface area contributed by atoms with Crippen LogP contribution < -0.4 is 15.2 Å². The molecule has 0 aliphatic heterocycles. The van der Waals surface area contributed by atoms with E-state index in [4.69, 9.17) is 25.4 Å². The lowest BCUT2D eigenvalue weighted by Crippen LogP contribution is -2.12. The van der Waals surface area contributed by atoms with E-state index in [1.807, 2.05) is 24.3 Å². The highest BCUT2D eigenvalue weighted by molar-refractivity contribution is 5.97. The molecule has 0 aliphatic carbocycles. The van der Waals surface area contributed by atoms with E-state index in [9.17, 15) is 0 Å². The topological polar surface area (TPSA) is 77.6 Å². The molecule has 0 heterocycles. The summed E-state index contributed by atoms with van der Waals surface area (Å²) in [6, 6.07) is 12.7. The van der Waals surface area contributed by atoms with Gasteiger partial charge in [0.15, 0.2) is 0 Å². The largest absolute Gasteiger partial charge is 0.497 e. The van der Waals surface area contributed by atoms with Crippen molar-refractivity contribution in [2.75, 3.05) is 14.2 Å². The number of hydrogen-bond donors (Lipinski definition) is 2. The van der Waals surface area contributed by atoms with Gasteiger partial charge in [0.1, 0.15) is 23.1 Å². The molecule has 2 aromatic carbocycles. The molecule has 0 fully saturated rings. The van der Waals surface area contributed by atoms with Gasteiger partial charge in [0, 0.05) is 13.2 Å². The molecule has 5 nitrogen and oxygen atoms in total.